The van der Waals surface area contributed by atoms with Crippen LogP contribution in [0.15, 0.2) is 58.4 Å². The van der Waals surface area contributed by atoms with Crippen LogP contribution < -0.4 is 4.74 Å². The number of benzene rings is 2. The molecule has 0 fully saturated rings. The van der Waals surface area contributed by atoms with E-state index in [1.165, 1.54) is 109 Å². The average Bonchev–Trinajstić information content (AvgIpc) is 2.90. The van der Waals surface area contributed by atoms with E-state index in [2.05, 4.69) is 36.7 Å². The van der Waals surface area contributed by atoms with Gasteiger partial charge in [-0.05, 0) is 60.5 Å². The molecule has 0 aliphatic heterocycles. The summed E-state index contributed by atoms with van der Waals surface area (Å²) in [6, 6.07) is 16.0. The molecule has 200 valence electrons. The van der Waals surface area contributed by atoms with Gasteiger partial charge in [-0.2, -0.15) is 0 Å². The number of hydrogen-bond donors (Lipinski definition) is 1. The summed E-state index contributed by atoms with van der Waals surface area (Å²) < 4.78 is 5.91. The molecule has 0 aliphatic rings. The SMILES string of the molecule is CCCCCCCCCCCCCCCCCCCCOc1ccc(C=Nc2ccc(S)cc2)cc1. The minimum absolute atomic E-state index is 0.808. The van der Waals surface area contributed by atoms with Crippen LogP contribution in [0.2, 0.25) is 0 Å². The van der Waals surface area contributed by atoms with Crippen LogP contribution in [0.3, 0.4) is 0 Å². The molecule has 2 aromatic rings. The lowest BCUT2D eigenvalue weighted by Gasteiger charge is -2.06. The highest BCUT2D eigenvalue weighted by atomic mass is 32.1. The molecule has 0 saturated carbocycles. The van der Waals surface area contributed by atoms with E-state index in [1.54, 1.807) is 0 Å². The van der Waals surface area contributed by atoms with Crippen molar-refractivity contribution in [1.29, 1.82) is 0 Å². The Morgan fingerprint density at radius 2 is 1.03 bits per heavy atom. The minimum Gasteiger partial charge on any atom is -0.494 e. The van der Waals surface area contributed by atoms with Gasteiger partial charge in [0, 0.05) is 11.1 Å². The molecule has 0 heterocycles. The maximum absolute atomic E-state index is 5.91. The first kappa shape index (κ1) is 30.5. The van der Waals surface area contributed by atoms with Gasteiger partial charge in [0.05, 0.1) is 12.3 Å². The third-order valence-electron chi connectivity index (χ3n) is 6.86. The van der Waals surface area contributed by atoms with Crippen LogP contribution in [0.25, 0.3) is 0 Å². The summed E-state index contributed by atoms with van der Waals surface area (Å²) in [5.74, 6) is 0.943. The monoisotopic (exact) mass is 509 g/mol. The molecule has 2 aromatic carbocycles. The van der Waals surface area contributed by atoms with Crippen molar-refractivity contribution in [3.8, 4) is 5.75 Å². The Hall–Kier alpha value is -1.74. The van der Waals surface area contributed by atoms with Gasteiger partial charge >= 0.3 is 0 Å². The number of thiol groups is 1. The highest BCUT2D eigenvalue weighted by Gasteiger charge is 1.97. The van der Waals surface area contributed by atoms with Gasteiger partial charge in [0.15, 0.2) is 0 Å². The van der Waals surface area contributed by atoms with E-state index in [-0.39, 0.29) is 0 Å². The molecule has 0 aromatic heterocycles. The Balaban J connectivity index is 1.35. The molecular formula is C33H51NOS. The van der Waals surface area contributed by atoms with E-state index >= 15 is 0 Å². The zero-order chi connectivity index (χ0) is 25.5. The summed E-state index contributed by atoms with van der Waals surface area (Å²) in [5.41, 5.74) is 2.01. The van der Waals surface area contributed by atoms with E-state index in [9.17, 15) is 0 Å². The normalized spacial score (nSPS) is 11.4. The molecule has 36 heavy (non-hydrogen) atoms. The summed E-state index contributed by atoms with van der Waals surface area (Å²) in [6.45, 7) is 3.10. The first-order chi connectivity index (χ1) is 17.8. The quantitative estimate of drug-likeness (QED) is 0.0951. The lowest BCUT2D eigenvalue weighted by atomic mass is 10.0. The molecule has 0 aliphatic carbocycles. The van der Waals surface area contributed by atoms with Gasteiger partial charge < -0.3 is 4.74 Å². The molecule has 0 spiro atoms. The molecule has 0 bridgehead atoms. The Morgan fingerprint density at radius 1 is 0.583 bits per heavy atom. The molecule has 0 saturated heterocycles. The van der Waals surface area contributed by atoms with Gasteiger partial charge in [0.1, 0.15) is 5.75 Å². The topological polar surface area (TPSA) is 21.6 Å². The lowest BCUT2D eigenvalue weighted by Crippen LogP contribution is -1.97. The second-order valence-corrected chi connectivity index (χ2v) is 10.7. The van der Waals surface area contributed by atoms with E-state index in [0.717, 1.165) is 34.9 Å². The zero-order valence-electron chi connectivity index (χ0n) is 22.9. The van der Waals surface area contributed by atoms with Crippen LogP contribution >= 0.6 is 12.6 Å². The standard InChI is InChI=1S/C33H51NOS/c1-2-3-4-5-6-7-8-9-10-11-12-13-14-15-16-17-18-19-28-35-32-24-20-30(21-25-32)29-34-31-22-26-33(36)27-23-31/h20-27,29,36H,2-19,28H2,1H3. The summed E-state index contributed by atoms with van der Waals surface area (Å²) >= 11 is 4.30. The van der Waals surface area contributed by atoms with Crippen LogP contribution in [-0.4, -0.2) is 12.8 Å². The fourth-order valence-corrected chi connectivity index (χ4v) is 4.68. The molecule has 0 amide bonds. The molecule has 0 unspecified atom stereocenters. The molecule has 0 N–H and O–H groups in total. The first-order valence-corrected chi connectivity index (χ1v) is 15.3. The van der Waals surface area contributed by atoms with Crippen molar-refractivity contribution in [1.82, 2.24) is 0 Å². The van der Waals surface area contributed by atoms with Crippen LogP contribution in [0.4, 0.5) is 5.69 Å². The minimum atomic E-state index is 0.808. The molecule has 3 heteroatoms. The summed E-state index contributed by atoms with van der Waals surface area (Å²) in [6.07, 6.45) is 27.1. The van der Waals surface area contributed by atoms with Crippen LogP contribution in [0.5, 0.6) is 5.75 Å². The Morgan fingerprint density at radius 3 is 1.50 bits per heavy atom. The zero-order valence-corrected chi connectivity index (χ0v) is 23.8. The molecular weight excluding hydrogens is 458 g/mol. The fourth-order valence-electron chi connectivity index (χ4n) is 4.53. The second-order valence-electron chi connectivity index (χ2n) is 10.2. The van der Waals surface area contributed by atoms with Crippen LogP contribution in [-0.2, 0) is 0 Å². The van der Waals surface area contributed by atoms with Gasteiger partial charge in [-0.3, -0.25) is 4.99 Å². The summed E-state index contributed by atoms with van der Waals surface area (Å²) in [4.78, 5) is 5.45. The Kier molecular flexibility index (Phi) is 18.1. The second kappa shape index (κ2) is 21.4. The van der Waals surface area contributed by atoms with Crippen molar-refractivity contribution >= 4 is 24.5 Å². The maximum Gasteiger partial charge on any atom is 0.119 e. The van der Waals surface area contributed by atoms with Crippen LogP contribution in [0.1, 0.15) is 128 Å². The van der Waals surface area contributed by atoms with E-state index in [1.807, 2.05) is 42.6 Å². The predicted molar refractivity (Wildman–Crippen MR) is 162 cm³/mol. The highest BCUT2D eigenvalue weighted by molar-refractivity contribution is 7.80. The number of hydrogen-bond acceptors (Lipinski definition) is 3. The number of unbranched alkanes of at least 4 members (excludes halogenated alkanes) is 17. The molecule has 0 atom stereocenters. The predicted octanol–water partition coefficient (Wildman–Crippen LogP) is 11.1. The Labute approximate surface area is 227 Å². The van der Waals surface area contributed by atoms with Crippen molar-refractivity contribution in [2.75, 3.05) is 6.61 Å². The Bertz CT molecular complexity index is 784. The maximum atomic E-state index is 5.91. The van der Waals surface area contributed by atoms with Crippen molar-refractivity contribution < 1.29 is 4.74 Å². The number of rotatable bonds is 22. The fraction of sp³-hybridized carbons (Fsp3) is 0.606. The molecule has 0 radical (unpaired) electrons. The smallest absolute Gasteiger partial charge is 0.119 e. The molecule has 2 rings (SSSR count). The number of aliphatic imine (C=N–C) groups is 1. The van der Waals surface area contributed by atoms with E-state index in [0.29, 0.717) is 0 Å². The number of nitrogens with zero attached hydrogens (tertiary/aromatic N) is 1. The van der Waals surface area contributed by atoms with E-state index < -0.39 is 0 Å². The largest absolute Gasteiger partial charge is 0.494 e. The van der Waals surface area contributed by atoms with Crippen molar-refractivity contribution in [2.24, 2.45) is 4.99 Å². The number of ether oxygens (including phenoxy) is 1. The molecule has 2 nitrogen and oxygen atoms in total. The summed E-state index contributed by atoms with van der Waals surface area (Å²) in [5, 5.41) is 0. The van der Waals surface area contributed by atoms with Gasteiger partial charge in [0.25, 0.3) is 0 Å². The van der Waals surface area contributed by atoms with Gasteiger partial charge in [-0.25, -0.2) is 0 Å². The lowest BCUT2D eigenvalue weighted by molar-refractivity contribution is 0.304. The highest BCUT2D eigenvalue weighted by Crippen LogP contribution is 2.17. The average molecular weight is 510 g/mol. The van der Waals surface area contributed by atoms with Gasteiger partial charge in [-0.15, -0.1) is 12.6 Å². The van der Waals surface area contributed by atoms with Crippen molar-refractivity contribution in [2.45, 2.75) is 127 Å². The third kappa shape index (κ3) is 16.1. The van der Waals surface area contributed by atoms with Gasteiger partial charge in [0.2, 0.25) is 0 Å². The van der Waals surface area contributed by atoms with Crippen molar-refractivity contribution in [3.05, 3.63) is 54.1 Å². The third-order valence-corrected chi connectivity index (χ3v) is 7.16. The summed E-state index contributed by atoms with van der Waals surface area (Å²) in [7, 11) is 0. The first-order valence-electron chi connectivity index (χ1n) is 14.8. The van der Waals surface area contributed by atoms with Crippen molar-refractivity contribution in [3.63, 3.8) is 0 Å². The van der Waals surface area contributed by atoms with E-state index in [4.69, 9.17) is 4.74 Å². The van der Waals surface area contributed by atoms with Crippen LogP contribution in [0, 0.1) is 0 Å². The van der Waals surface area contributed by atoms with Gasteiger partial charge in [-0.1, -0.05) is 116 Å².